The minimum absolute atomic E-state index is 0.454. The van der Waals surface area contributed by atoms with E-state index < -0.39 is 0 Å². The zero-order valence-corrected chi connectivity index (χ0v) is 10.3. The molecule has 0 radical (unpaired) electrons. The van der Waals surface area contributed by atoms with Crippen LogP contribution in [-0.2, 0) is 11.8 Å². The molecule has 0 aliphatic carbocycles. The molecular weight excluding hydrogens is 260 g/mol. The zero-order chi connectivity index (χ0) is 10.1. The van der Waals surface area contributed by atoms with Gasteiger partial charge in [0, 0.05) is 21.2 Å². The number of benzene rings is 1. The van der Waals surface area contributed by atoms with Gasteiger partial charge in [0.15, 0.2) is 0 Å². The van der Waals surface area contributed by atoms with E-state index in [4.69, 9.17) is 0 Å². The molecule has 1 heterocycles. The summed E-state index contributed by atoms with van der Waals surface area (Å²) in [5.41, 5.74) is 2.05. The fourth-order valence-corrected chi connectivity index (χ4v) is 3.00. The van der Waals surface area contributed by atoms with E-state index in [1.165, 1.54) is 10.1 Å². The van der Waals surface area contributed by atoms with Gasteiger partial charge in [0.25, 0.3) is 0 Å². The maximum Gasteiger partial charge on any atom is 0.123 e. The van der Waals surface area contributed by atoms with E-state index in [1.54, 1.807) is 11.3 Å². The lowest BCUT2D eigenvalue weighted by Gasteiger charge is -2.08. The van der Waals surface area contributed by atoms with E-state index in [1.807, 2.05) is 0 Å². The molecule has 1 nitrogen and oxygen atoms in total. The molecule has 0 saturated carbocycles. The summed E-state index contributed by atoms with van der Waals surface area (Å²) in [6.45, 7) is 2.07. The second-order valence-electron chi connectivity index (χ2n) is 3.18. The molecule has 74 valence electrons. The Morgan fingerprint density at radius 2 is 2.29 bits per heavy atom. The number of aryl methyl sites for hydroxylation is 1. The lowest BCUT2D eigenvalue weighted by atomic mass is 10.0. The molecule has 2 rings (SSSR count). The highest BCUT2D eigenvalue weighted by Gasteiger charge is 2.10. The molecule has 0 aliphatic rings. The van der Waals surface area contributed by atoms with E-state index >= 15 is 0 Å². The summed E-state index contributed by atoms with van der Waals surface area (Å²) in [5.74, 6) is 0.454. The highest BCUT2D eigenvalue weighted by atomic mass is 79.9. The molecule has 0 atom stereocenters. The van der Waals surface area contributed by atoms with Gasteiger partial charge in [-0.1, -0.05) is 22.9 Å². The number of alkyl halides is 1. The monoisotopic (exact) mass is 270 g/mol. The Bertz CT molecular complexity index is 462. The molecule has 0 bridgehead atoms. The largest absolute Gasteiger partial charge is 0.507 e. The number of phenolic OH excluding ortho intramolecular Hbond substituents is 1. The molecule has 0 unspecified atom stereocenters. The average Bonchev–Trinajstić information content (AvgIpc) is 2.64. The highest BCUT2D eigenvalue weighted by molar-refractivity contribution is 9.08. The van der Waals surface area contributed by atoms with E-state index in [2.05, 4.69) is 40.4 Å². The maximum absolute atomic E-state index is 9.98. The van der Waals surface area contributed by atoms with Crippen LogP contribution in [0.1, 0.15) is 18.1 Å². The van der Waals surface area contributed by atoms with Crippen molar-refractivity contribution in [3.8, 4) is 5.75 Å². The van der Waals surface area contributed by atoms with Crippen LogP contribution in [0.15, 0.2) is 17.5 Å². The lowest BCUT2D eigenvalue weighted by molar-refractivity contribution is 0.465. The van der Waals surface area contributed by atoms with Crippen molar-refractivity contribution in [3.63, 3.8) is 0 Å². The van der Waals surface area contributed by atoms with Crippen molar-refractivity contribution >= 4 is 37.4 Å². The van der Waals surface area contributed by atoms with Gasteiger partial charge in [-0.2, -0.15) is 0 Å². The molecule has 14 heavy (non-hydrogen) atoms. The van der Waals surface area contributed by atoms with Crippen LogP contribution < -0.4 is 0 Å². The Morgan fingerprint density at radius 3 is 2.93 bits per heavy atom. The van der Waals surface area contributed by atoms with Crippen LogP contribution in [-0.4, -0.2) is 5.11 Å². The molecule has 1 aromatic carbocycles. The van der Waals surface area contributed by atoms with Crippen LogP contribution in [0.3, 0.4) is 0 Å². The molecule has 1 aromatic heterocycles. The predicted molar refractivity (Wildman–Crippen MR) is 65.5 cm³/mol. The highest BCUT2D eigenvalue weighted by Crippen LogP contribution is 2.35. The van der Waals surface area contributed by atoms with Crippen LogP contribution in [0.25, 0.3) is 10.1 Å². The van der Waals surface area contributed by atoms with Gasteiger partial charge in [0.2, 0.25) is 0 Å². The van der Waals surface area contributed by atoms with Crippen LogP contribution in [0.4, 0.5) is 0 Å². The standard InChI is InChI=1S/C11H11BrOS/c1-2-8-9-3-4-14-10(9)5-7(6-12)11(8)13/h3-5,13H,2,6H2,1H3. The van der Waals surface area contributed by atoms with E-state index in [-0.39, 0.29) is 0 Å². The fourth-order valence-electron chi connectivity index (χ4n) is 1.69. The zero-order valence-electron chi connectivity index (χ0n) is 7.88. The normalized spacial score (nSPS) is 11.0. The van der Waals surface area contributed by atoms with Crippen LogP contribution in [0, 0.1) is 0 Å². The van der Waals surface area contributed by atoms with Gasteiger partial charge in [-0.25, -0.2) is 0 Å². The van der Waals surface area contributed by atoms with Gasteiger partial charge in [0.1, 0.15) is 5.75 Å². The van der Waals surface area contributed by atoms with Crippen molar-refractivity contribution in [2.75, 3.05) is 0 Å². The summed E-state index contributed by atoms with van der Waals surface area (Å²) >= 11 is 5.11. The van der Waals surface area contributed by atoms with E-state index in [0.29, 0.717) is 11.1 Å². The SMILES string of the molecule is CCc1c(O)c(CBr)cc2sccc12. The summed E-state index contributed by atoms with van der Waals surface area (Å²) in [6, 6.07) is 4.14. The number of hydrogen-bond donors (Lipinski definition) is 1. The number of thiophene rings is 1. The van der Waals surface area contributed by atoms with Gasteiger partial charge in [-0.15, -0.1) is 11.3 Å². The van der Waals surface area contributed by atoms with Crippen molar-refractivity contribution in [2.24, 2.45) is 0 Å². The average molecular weight is 271 g/mol. The summed E-state index contributed by atoms with van der Waals surface area (Å²) < 4.78 is 1.26. The first-order valence-electron chi connectivity index (χ1n) is 4.54. The van der Waals surface area contributed by atoms with Crippen molar-refractivity contribution < 1.29 is 5.11 Å². The Labute approximate surface area is 95.5 Å². The topological polar surface area (TPSA) is 20.2 Å². The molecule has 2 aromatic rings. The van der Waals surface area contributed by atoms with Crippen LogP contribution in [0.5, 0.6) is 5.75 Å². The summed E-state index contributed by atoms with van der Waals surface area (Å²) in [5, 5.41) is 14.0. The second kappa shape index (κ2) is 3.91. The van der Waals surface area contributed by atoms with Gasteiger partial charge in [-0.3, -0.25) is 0 Å². The van der Waals surface area contributed by atoms with Crippen molar-refractivity contribution in [1.29, 1.82) is 0 Å². The summed E-state index contributed by atoms with van der Waals surface area (Å²) in [6.07, 6.45) is 0.875. The molecule has 1 N–H and O–H groups in total. The van der Waals surface area contributed by atoms with Crippen molar-refractivity contribution in [2.45, 2.75) is 18.7 Å². The van der Waals surface area contributed by atoms with Gasteiger partial charge < -0.3 is 5.11 Å². The van der Waals surface area contributed by atoms with E-state index in [0.717, 1.165) is 17.5 Å². The van der Waals surface area contributed by atoms with Crippen molar-refractivity contribution in [3.05, 3.63) is 28.6 Å². The number of rotatable bonds is 2. The first-order chi connectivity index (χ1) is 6.77. The quantitative estimate of drug-likeness (QED) is 0.816. The van der Waals surface area contributed by atoms with E-state index in [9.17, 15) is 5.11 Å². The maximum atomic E-state index is 9.98. The molecule has 0 saturated heterocycles. The number of phenols is 1. The minimum atomic E-state index is 0.454. The third kappa shape index (κ3) is 1.44. The number of hydrogen-bond acceptors (Lipinski definition) is 2. The number of fused-ring (bicyclic) bond motifs is 1. The smallest absolute Gasteiger partial charge is 0.123 e. The number of aromatic hydroxyl groups is 1. The van der Waals surface area contributed by atoms with Crippen LogP contribution in [0.2, 0.25) is 0 Å². The minimum Gasteiger partial charge on any atom is -0.507 e. The summed E-state index contributed by atoms with van der Waals surface area (Å²) in [7, 11) is 0. The Morgan fingerprint density at radius 1 is 1.50 bits per heavy atom. The molecule has 0 fully saturated rings. The second-order valence-corrected chi connectivity index (χ2v) is 4.69. The van der Waals surface area contributed by atoms with Crippen molar-refractivity contribution in [1.82, 2.24) is 0 Å². The third-order valence-corrected chi connectivity index (χ3v) is 3.88. The van der Waals surface area contributed by atoms with Gasteiger partial charge >= 0.3 is 0 Å². The first kappa shape index (κ1) is 9.99. The molecule has 0 amide bonds. The van der Waals surface area contributed by atoms with Gasteiger partial charge in [0.05, 0.1) is 0 Å². The number of halogens is 1. The van der Waals surface area contributed by atoms with Gasteiger partial charge in [-0.05, 0) is 29.3 Å². The third-order valence-electron chi connectivity index (χ3n) is 2.41. The molecular formula is C11H11BrOS. The Hall–Kier alpha value is -0.540. The van der Waals surface area contributed by atoms with Crippen LogP contribution >= 0.6 is 27.3 Å². The fraction of sp³-hybridized carbons (Fsp3) is 0.273. The Kier molecular flexibility index (Phi) is 2.79. The molecule has 3 heteroatoms. The molecule has 0 aliphatic heterocycles. The molecule has 0 spiro atoms. The lowest BCUT2D eigenvalue weighted by Crippen LogP contribution is -1.87. The predicted octanol–water partition coefficient (Wildman–Crippen LogP) is 4.06. The first-order valence-corrected chi connectivity index (χ1v) is 6.55. The summed E-state index contributed by atoms with van der Waals surface area (Å²) in [4.78, 5) is 0. The Balaban J connectivity index is 2.80.